The number of carboxylic acids is 1. The van der Waals surface area contributed by atoms with E-state index in [1.807, 2.05) is 0 Å². The SMILES string of the molecule is C=Cc1coc(=O)[nH]1.CCCCC/C=C\C1CC1C(=O)O.NC(=O)C1CCCN1C(=O)CNc1cccc(C(F)(F)F)c1. The molecular formula is C30H39F3N4O6. The number of H-pyrrole nitrogens is 1. The van der Waals surface area contributed by atoms with Gasteiger partial charge in [-0.15, -0.1) is 0 Å². The quantitative estimate of drug-likeness (QED) is 0.205. The molecular weight excluding hydrogens is 569 g/mol. The predicted octanol–water partition coefficient (Wildman–Crippen LogP) is 5.05. The number of hydrogen-bond acceptors (Lipinski definition) is 6. The maximum absolute atomic E-state index is 12.6. The van der Waals surface area contributed by atoms with Gasteiger partial charge in [-0.3, -0.25) is 19.4 Å². The number of aromatic nitrogens is 1. The minimum absolute atomic E-state index is 0.0811. The van der Waals surface area contributed by atoms with Gasteiger partial charge in [-0.1, -0.05) is 44.6 Å². The summed E-state index contributed by atoms with van der Waals surface area (Å²) in [6.07, 6.45) is 9.51. The van der Waals surface area contributed by atoms with E-state index in [4.69, 9.17) is 10.8 Å². The molecule has 2 aliphatic rings. The number of likely N-dealkylation sites (tertiary alicyclic amines) is 1. The van der Waals surface area contributed by atoms with Crippen molar-refractivity contribution >= 4 is 29.5 Å². The lowest BCUT2D eigenvalue weighted by Crippen LogP contribution is -2.45. The monoisotopic (exact) mass is 608 g/mol. The average Bonchev–Trinajstić information content (AvgIpc) is 3.35. The van der Waals surface area contributed by atoms with Crippen LogP contribution in [-0.2, 0) is 20.6 Å². The topological polar surface area (TPSA) is 159 Å². The number of carbonyl (C=O) groups is 3. The van der Waals surface area contributed by atoms with Gasteiger partial charge in [0.1, 0.15) is 12.3 Å². The van der Waals surface area contributed by atoms with Crippen LogP contribution in [0, 0.1) is 11.8 Å². The van der Waals surface area contributed by atoms with Crippen LogP contribution in [0.3, 0.4) is 0 Å². The molecule has 43 heavy (non-hydrogen) atoms. The van der Waals surface area contributed by atoms with Gasteiger partial charge in [-0.05, 0) is 62.3 Å². The summed E-state index contributed by atoms with van der Waals surface area (Å²) < 4.78 is 42.2. The van der Waals surface area contributed by atoms with Crippen LogP contribution in [0.1, 0.15) is 63.1 Å². The van der Waals surface area contributed by atoms with Gasteiger partial charge in [-0.25, -0.2) is 4.79 Å². The number of nitrogens with one attached hydrogen (secondary N) is 2. The number of rotatable bonds is 11. The zero-order chi connectivity index (χ0) is 32.0. The van der Waals surface area contributed by atoms with Crippen molar-refractivity contribution in [2.75, 3.05) is 18.4 Å². The normalized spacial score (nSPS) is 19.1. The summed E-state index contributed by atoms with van der Waals surface area (Å²) in [5.74, 6) is -1.76. The Bertz CT molecular complexity index is 1300. The number of anilines is 1. The summed E-state index contributed by atoms with van der Waals surface area (Å²) in [5.41, 5.74) is 5.23. The third-order valence-corrected chi connectivity index (χ3v) is 6.81. The maximum atomic E-state index is 12.6. The maximum Gasteiger partial charge on any atom is 0.416 e. The Balaban J connectivity index is 0.000000258. The minimum Gasteiger partial charge on any atom is -0.481 e. The Labute approximate surface area is 247 Å². The molecule has 1 aliphatic heterocycles. The van der Waals surface area contributed by atoms with Gasteiger partial charge in [0.05, 0.1) is 23.7 Å². The fraction of sp³-hybridized carbons (Fsp3) is 0.467. The summed E-state index contributed by atoms with van der Waals surface area (Å²) in [6.45, 7) is 5.84. The third kappa shape index (κ3) is 12.2. The molecule has 1 aromatic heterocycles. The molecule has 2 fully saturated rings. The van der Waals surface area contributed by atoms with E-state index in [1.54, 1.807) is 0 Å². The zero-order valence-corrected chi connectivity index (χ0v) is 24.1. The average molecular weight is 609 g/mol. The van der Waals surface area contributed by atoms with E-state index in [2.05, 4.69) is 40.4 Å². The van der Waals surface area contributed by atoms with Gasteiger partial charge < -0.3 is 25.5 Å². The standard InChI is InChI=1S/C14H16F3N3O2.C11H18O2.C5H5NO2/c15-14(16,17)9-3-1-4-10(7-9)19-8-12(21)20-6-2-5-11(20)13(18)22;1-2-3-4-5-6-7-9-8-10(9)11(12)13;1-2-4-3-8-5(7)6-4/h1,3-4,7,11,19H,2,5-6,8H2,(H2,18,22);6-7,9-10H,2-5,8H2,1H3,(H,12,13);2-3H,1H2,(H,6,7)/b;7-6-;. The molecule has 236 valence electrons. The number of carboxylic acid groups (broad SMARTS) is 1. The van der Waals surface area contributed by atoms with Crippen LogP contribution in [0.5, 0.6) is 0 Å². The van der Waals surface area contributed by atoms with Crippen molar-refractivity contribution < 1.29 is 37.1 Å². The van der Waals surface area contributed by atoms with Crippen LogP contribution in [0.2, 0.25) is 0 Å². The van der Waals surface area contributed by atoms with Crippen LogP contribution in [-0.4, -0.2) is 51.9 Å². The number of primary amides is 1. The van der Waals surface area contributed by atoms with Crippen molar-refractivity contribution in [1.29, 1.82) is 0 Å². The molecule has 3 unspecified atom stereocenters. The smallest absolute Gasteiger partial charge is 0.416 e. The second-order valence-electron chi connectivity index (χ2n) is 10.2. The second-order valence-corrected chi connectivity index (χ2v) is 10.2. The van der Waals surface area contributed by atoms with E-state index in [-0.39, 0.29) is 24.1 Å². The first-order valence-corrected chi connectivity index (χ1v) is 14.1. The Morgan fingerprint density at radius 2 is 2.02 bits per heavy atom. The molecule has 2 amide bonds. The number of aliphatic carboxylic acids is 1. The van der Waals surface area contributed by atoms with Crippen LogP contribution >= 0.6 is 0 Å². The molecule has 0 radical (unpaired) electrons. The van der Waals surface area contributed by atoms with Crippen LogP contribution in [0.15, 0.2) is 58.5 Å². The van der Waals surface area contributed by atoms with E-state index < -0.39 is 35.4 Å². The molecule has 13 heteroatoms. The highest BCUT2D eigenvalue weighted by Gasteiger charge is 2.41. The van der Waals surface area contributed by atoms with E-state index in [0.717, 1.165) is 25.0 Å². The first kappa shape index (κ1) is 34.9. The van der Waals surface area contributed by atoms with Gasteiger partial charge in [0, 0.05) is 12.2 Å². The molecule has 10 nitrogen and oxygen atoms in total. The Morgan fingerprint density at radius 1 is 1.28 bits per heavy atom. The predicted molar refractivity (Wildman–Crippen MR) is 156 cm³/mol. The van der Waals surface area contributed by atoms with Gasteiger partial charge in [0.15, 0.2) is 0 Å². The first-order valence-electron chi connectivity index (χ1n) is 14.1. The zero-order valence-electron chi connectivity index (χ0n) is 24.1. The van der Waals surface area contributed by atoms with Gasteiger partial charge in [0.25, 0.3) is 0 Å². The van der Waals surface area contributed by atoms with Gasteiger partial charge in [0.2, 0.25) is 11.8 Å². The highest BCUT2D eigenvalue weighted by Crippen LogP contribution is 2.39. The molecule has 3 atom stereocenters. The molecule has 1 saturated heterocycles. The molecule has 5 N–H and O–H groups in total. The summed E-state index contributed by atoms with van der Waals surface area (Å²) >= 11 is 0. The summed E-state index contributed by atoms with van der Waals surface area (Å²) in [7, 11) is 0. The lowest BCUT2D eigenvalue weighted by Gasteiger charge is -2.22. The number of alkyl halides is 3. The Kier molecular flexibility index (Phi) is 13.8. The van der Waals surface area contributed by atoms with Crippen molar-refractivity contribution in [3.05, 3.63) is 71.1 Å². The molecule has 1 saturated carbocycles. The number of amides is 2. The number of unbranched alkanes of at least 4 members (excludes halogenated alkanes) is 3. The number of benzene rings is 1. The summed E-state index contributed by atoms with van der Waals surface area (Å²) in [6, 6.07) is 3.96. The fourth-order valence-corrected chi connectivity index (χ4v) is 4.33. The van der Waals surface area contributed by atoms with Crippen molar-refractivity contribution in [3.8, 4) is 0 Å². The fourth-order valence-electron chi connectivity index (χ4n) is 4.33. The molecule has 1 aromatic carbocycles. The number of hydrogen-bond donors (Lipinski definition) is 4. The molecule has 2 heterocycles. The third-order valence-electron chi connectivity index (χ3n) is 6.81. The van der Waals surface area contributed by atoms with Crippen LogP contribution in [0.4, 0.5) is 18.9 Å². The summed E-state index contributed by atoms with van der Waals surface area (Å²) in [5, 5.41) is 11.3. The van der Waals surface area contributed by atoms with E-state index in [1.165, 1.54) is 48.6 Å². The molecule has 0 bridgehead atoms. The Hall–Kier alpha value is -4.29. The lowest BCUT2D eigenvalue weighted by atomic mass is 10.2. The van der Waals surface area contributed by atoms with Crippen molar-refractivity contribution in [3.63, 3.8) is 0 Å². The van der Waals surface area contributed by atoms with Crippen molar-refractivity contribution in [1.82, 2.24) is 9.88 Å². The van der Waals surface area contributed by atoms with E-state index >= 15 is 0 Å². The molecule has 4 rings (SSSR count). The number of halogens is 3. The highest BCUT2D eigenvalue weighted by atomic mass is 19.4. The van der Waals surface area contributed by atoms with E-state index in [9.17, 15) is 32.3 Å². The highest BCUT2D eigenvalue weighted by molar-refractivity contribution is 5.89. The molecule has 0 spiro atoms. The number of allylic oxidation sites excluding steroid dienone is 2. The number of nitrogens with two attached hydrogens (primary N) is 1. The molecule has 1 aliphatic carbocycles. The largest absolute Gasteiger partial charge is 0.481 e. The van der Waals surface area contributed by atoms with Crippen molar-refractivity contribution in [2.24, 2.45) is 17.6 Å². The van der Waals surface area contributed by atoms with Gasteiger partial charge in [-0.2, -0.15) is 13.2 Å². The minimum atomic E-state index is -4.44. The summed E-state index contributed by atoms with van der Waals surface area (Å²) in [4.78, 5) is 47.7. The lowest BCUT2D eigenvalue weighted by molar-refractivity contribution is -0.139. The van der Waals surface area contributed by atoms with Gasteiger partial charge >= 0.3 is 17.9 Å². The number of aromatic amines is 1. The molecule has 2 aromatic rings. The first-order chi connectivity index (χ1) is 20.4. The van der Waals surface area contributed by atoms with Crippen LogP contribution < -0.4 is 16.8 Å². The Morgan fingerprint density at radius 3 is 2.56 bits per heavy atom. The van der Waals surface area contributed by atoms with E-state index in [0.29, 0.717) is 31.0 Å². The van der Waals surface area contributed by atoms with Crippen molar-refractivity contribution in [2.45, 2.75) is 64.1 Å². The number of nitrogens with zero attached hydrogens (tertiary/aromatic N) is 1. The number of carbonyl (C=O) groups excluding carboxylic acids is 2. The van der Waals surface area contributed by atoms with Crippen LogP contribution in [0.25, 0.3) is 6.08 Å². The number of oxazole rings is 1. The second kappa shape index (κ2) is 17.0.